The fourth-order valence-electron chi connectivity index (χ4n) is 3.03. The van der Waals surface area contributed by atoms with Crippen LogP contribution in [0.15, 0.2) is 24.5 Å². The molecule has 0 aliphatic carbocycles. The molecule has 24 heavy (non-hydrogen) atoms. The smallest absolute Gasteiger partial charge is 0.354 e. The second kappa shape index (κ2) is 5.99. The van der Waals surface area contributed by atoms with E-state index in [9.17, 15) is 18.0 Å². The SMILES string of the molecule is Cc1c(C(=O)N2CCC(n3ccc(C(F)(F)F)n3)CC2)ccn1C. The lowest BCUT2D eigenvalue weighted by atomic mass is 10.0. The normalized spacial score (nSPS) is 16.6. The van der Waals surface area contributed by atoms with Crippen molar-refractivity contribution in [1.29, 1.82) is 0 Å². The summed E-state index contributed by atoms with van der Waals surface area (Å²) >= 11 is 0. The Labute approximate surface area is 137 Å². The topological polar surface area (TPSA) is 43.1 Å². The maximum atomic E-state index is 12.6. The summed E-state index contributed by atoms with van der Waals surface area (Å²) in [6.45, 7) is 2.92. The van der Waals surface area contributed by atoms with Crippen molar-refractivity contribution >= 4 is 5.91 Å². The molecule has 0 spiro atoms. The standard InChI is InChI=1S/C16H19F3N4O/c1-11-13(5-7-21(11)2)15(24)22-8-3-12(4-9-22)23-10-6-14(20-23)16(17,18)19/h5-7,10,12H,3-4,8-9H2,1-2H3. The number of hydrogen-bond donors (Lipinski definition) is 0. The Bertz CT molecular complexity index is 739. The monoisotopic (exact) mass is 340 g/mol. The molecule has 5 nitrogen and oxygen atoms in total. The molecule has 0 aromatic carbocycles. The highest BCUT2D eigenvalue weighted by Gasteiger charge is 2.34. The number of amides is 1. The lowest BCUT2D eigenvalue weighted by molar-refractivity contribution is -0.141. The van der Waals surface area contributed by atoms with E-state index in [2.05, 4.69) is 5.10 Å². The molecular weight excluding hydrogens is 321 g/mol. The highest BCUT2D eigenvalue weighted by Crippen LogP contribution is 2.30. The van der Waals surface area contributed by atoms with Gasteiger partial charge < -0.3 is 9.47 Å². The van der Waals surface area contributed by atoms with Gasteiger partial charge in [0.25, 0.3) is 5.91 Å². The predicted molar refractivity (Wildman–Crippen MR) is 81.6 cm³/mol. The van der Waals surface area contributed by atoms with Gasteiger partial charge in [0.2, 0.25) is 0 Å². The highest BCUT2D eigenvalue weighted by atomic mass is 19.4. The fourth-order valence-corrected chi connectivity index (χ4v) is 3.03. The zero-order valence-electron chi connectivity index (χ0n) is 13.5. The van der Waals surface area contributed by atoms with E-state index in [4.69, 9.17) is 0 Å². The molecule has 1 amide bonds. The number of carbonyl (C=O) groups excluding carboxylic acids is 1. The quantitative estimate of drug-likeness (QED) is 0.843. The molecule has 0 saturated carbocycles. The molecule has 3 heterocycles. The number of nitrogens with zero attached hydrogens (tertiary/aromatic N) is 4. The zero-order valence-corrected chi connectivity index (χ0v) is 13.5. The van der Waals surface area contributed by atoms with E-state index in [-0.39, 0.29) is 11.9 Å². The van der Waals surface area contributed by atoms with Gasteiger partial charge in [0, 0.05) is 38.2 Å². The first-order valence-corrected chi connectivity index (χ1v) is 7.81. The largest absolute Gasteiger partial charge is 0.435 e. The number of aryl methyl sites for hydroxylation is 1. The molecule has 0 radical (unpaired) electrons. The van der Waals surface area contributed by atoms with E-state index in [1.807, 2.05) is 24.7 Å². The van der Waals surface area contributed by atoms with Crippen LogP contribution in [0.2, 0.25) is 0 Å². The molecule has 0 unspecified atom stereocenters. The fraction of sp³-hybridized carbons (Fsp3) is 0.500. The van der Waals surface area contributed by atoms with E-state index in [0.29, 0.717) is 31.5 Å². The van der Waals surface area contributed by atoms with E-state index in [1.165, 1.54) is 10.9 Å². The second-order valence-electron chi connectivity index (χ2n) is 6.13. The maximum Gasteiger partial charge on any atom is 0.435 e. The number of aromatic nitrogens is 3. The van der Waals surface area contributed by atoms with Crippen molar-refractivity contribution in [2.75, 3.05) is 13.1 Å². The summed E-state index contributed by atoms with van der Waals surface area (Å²) in [4.78, 5) is 14.3. The minimum absolute atomic E-state index is 0.0250. The van der Waals surface area contributed by atoms with Gasteiger partial charge in [-0.05, 0) is 31.9 Å². The van der Waals surface area contributed by atoms with Crippen molar-refractivity contribution in [3.63, 3.8) is 0 Å². The minimum Gasteiger partial charge on any atom is -0.354 e. The number of halogens is 3. The lowest BCUT2D eigenvalue weighted by Gasteiger charge is -2.32. The Hall–Kier alpha value is -2.25. The minimum atomic E-state index is -4.42. The number of hydrogen-bond acceptors (Lipinski definition) is 2. The molecule has 1 saturated heterocycles. The third-order valence-corrected chi connectivity index (χ3v) is 4.64. The summed E-state index contributed by atoms with van der Waals surface area (Å²) in [7, 11) is 1.88. The Balaban J connectivity index is 1.64. The Kier molecular flexibility index (Phi) is 4.15. The third-order valence-electron chi connectivity index (χ3n) is 4.64. The van der Waals surface area contributed by atoms with Gasteiger partial charge in [-0.3, -0.25) is 9.48 Å². The summed E-state index contributed by atoms with van der Waals surface area (Å²) in [5.41, 5.74) is 0.708. The number of rotatable bonds is 2. The van der Waals surface area contributed by atoms with Gasteiger partial charge in [0.05, 0.1) is 11.6 Å². The molecule has 1 fully saturated rings. The van der Waals surface area contributed by atoms with Crippen LogP contribution < -0.4 is 0 Å². The summed E-state index contributed by atoms with van der Waals surface area (Å²) in [6, 6.07) is 2.68. The molecule has 1 aliphatic heterocycles. The average Bonchev–Trinajstić information content (AvgIpc) is 3.15. The summed E-state index contributed by atoms with van der Waals surface area (Å²) in [5.74, 6) is -0.0250. The first-order chi connectivity index (χ1) is 11.3. The van der Waals surface area contributed by atoms with Gasteiger partial charge in [0.15, 0.2) is 5.69 Å². The van der Waals surface area contributed by atoms with Gasteiger partial charge in [-0.25, -0.2) is 0 Å². The van der Waals surface area contributed by atoms with E-state index in [0.717, 1.165) is 11.8 Å². The lowest BCUT2D eigenvalue weighted by Crippen LogP contribution is -2.39. The van der Waals surface area contributed by atoms with Crippen molar-refractivity contribution in [2.45, 2.75) is 32.0 Å². The maximum absolute atomic E-state index is 12.6. The first-order valence-electron chi connectivity index (χ1n) is 7.81. The molecule has 0 atom stereocenters. The molecule has 1 aliphatic rings. The predicted octanol–water partition coefficient (Wildman–Crippen LogP) is 3.03. The van der Waals surface area contributed by atoms with Crippen LogP contribution in [-0.2, 0) is 13.2 Å². The third kappa shape index (κ3) is 3.05. The van der Waals surface area contributed by atoms with Gasteiger partial charge in [0.1, 0.15) is 0 Å². The molecule has 2 aromatic heterocycles. The molecule has 0 bridgehead atoms. The number of alkyl halides is 3. The van der Waals surface area contributed by atoms with Gasteiger partial charge >= 0.3 is 6.18 Å². The molecule has 3 rings (SSSR count). The van der Waals surface area contributed by atoms with Crippen molar-refractivity contribution < 1.29 is 18.0 Å². The van der Waals surface area contributed by atoms with Gasteiger partial charge in [-0.1, -0.05) is 0 Å². The molecule has 8 heteroatoms. The van der Waals surface area contributed by atoms with Crippen molar-refractivity contribution in [3.05, 3.63) is 41.5 Å². The molecular formula is C16H19F3N4O. The van der Waals surface area contributed by atoms with Crippen LogP contribution in [0.4, 0.5) is 13.2 Å². The summed E-state index contributed by atoms with van der Waals surface area (Å²) < 4.78 is 41.2. The van der Waals surface area contributed by atoms with Crippen LogP contribution in [0.3, 0.4) is 0 Å². The van der Waals surface area contributed by atoms with E-state index in [1.54, 1.807) is 11.0 Å². The highest BCUT2D eigenvalue weighted by molar-refractivity contribution is 5.95. The zero-order chi connectivity index (χ0) is 17.5. The Morgan fingerprint density at radius 1 is 1.21 bits per heavy atom. The van der Waals surface area contributed by atoms with Crippen LogP contribution >= 0.6 is 0 Å². The van der Waals surface area contributed by atoms with Crippen LogP contribution in [0.1, 0.15) is 40.6 Å². The van der Waals surface area contributed by atoms with Crippen molar-refractivity contribution in [1.82, 2.24) is 19.2 Å². The summed E-state index contributed by atoms with van der Waals surface area (Å²) in [5, 5.41) is 3.64. The van der Waals surface area contributed by atoms with Crippen LogP contribution in [-0.4, -0.2) is 38.2 Å². The van der Waals surface area contributed by atoms with Crippen LogP contribution in [0.5, 0.6) is 0 Å². The number of carbonyl (C=O) groups is 1. The molecule has 0 N–H and O–H groups in total. The molecule has 2 aromatic rings. The number of likely N-dealkylation sites (tertiary alicyclic amines) is 1. The van der Waals surface area contributed by atoms with E-state index < -0.39 is 11.9 Å². The first kappa shape index (κ1) is 16.6. The van der Waals surface area contributed by atoms with E-state index >= 15 is 0 Å². The number of piperidine rings is 1. The average molecular weight is 340 g/mol. The van der Waals surface area contributed by atoms with Gasteiger partial charge in [-0.15, -0.1) is 0 Å². The van der Waals surface area contributed by atoms with Crippen molar-refractivity contribution in [3.8, 4) is 0 Å². The second-order valence-corrected chi connectivity index (χ2v) is 6.13. The van der Waals surface area contributed by atoms with Crippen LogP contribution in [0, 0.1) is 6.92 Å². The molecule has 130 valence electrons. The Morgan fingerprint density at radius 2 is 1.88 bits per heavy atom. The van der Waals surface area contributed by atoms with Gasteiger partial charge in [-0.2, -0.15) is 18.3 Å². The summed E-state index contributed by atoms with van der Waals surface area (Å²) in [6.07, 6.45) is -0.0238. The Morgan fingerprint density at radius 3 is 2.38 bits per heavy atom. The van der Waals surface area contributed by atoms with Crippen molar-refractivity contribution in [2.24, 2.45) is 7.05 Å². The van der Waals surface area contributed by atoms with Crippen LogP contribution in [0.25, 0.3) is 0 Å².